The van der Waals surface area contributed by atoms with Crippen molar-refractivity contribution in [1.29, 1.82) is 0 Å². The molecule has 3 aromatic heterocycles. The van der Waals surface area contributed by atoms with E-state index in [1.54, 1.807) is 4.90 Å². The van der Waals surface area contributed by atoms with Gasteiger partial charge in [0.25, 0.3) is 0 Å². The van der Waals surface area contributed by atoms with Crippen LogP contribution in [0, 0.1) is 6.92 Å². The summed E-state index contributed by atoms with van der Waals surface area (Å²) in [6, 6.07) is 19.9. The van der Waals surface area contributed by atoms with Crippen LogP contribution in [0.1, 0.15) is 66.8 Å². The lowest BCUT2D eigenvalue weighted by molar-refractivity contribution is -0.120. The molecule has 9 rings (SSSR count). The highest BCUT2D eigenvalue weighted by Crippen LogP contribution is 2.46. The summed E-state index contributed by atoms with van der Waals surface area (Å²) in [5.74, 6) is 1.30. The number of benzene rings is 2. The molecule has 3 saturated heterocycles. The van der Waals surface area contributed by atoms with Gasteiger partial charge in [0.2, 0.25) is 5.91 Å². The monoisotopic (exact) mass is 782 g/mol. The fourth-order valence-corrected chi connectivity index (χ4v) is 7.89. The Morgan fingerprint density at radius 3 is 2.34 bits per heavy atom. The van der Waals surface area contributed by atoms with E-state index in [-0.39, 0.29) is 35.2 Å². The second-order valence-electron chi connectivity index (χ2n) is 15.9. The first-order chi connectivity index (χ1) is 28.1. The van der Waals surface area contributed by atoms with Gasteiger partial charge in [-0.25, -0.2) is 19.7 Å². The first-order valence-electron chi connectivity index (χ1n) is 19.8. The Morgan fingerprint density at radius 2 is 1.64 bits per heavy atom. The van der Waals surface area contributed by atoms with E-state index in [0.29, 0.717) is 36.5 Å². The third kappa shape index (κ3) is 7.66. The number of carbonyl (C=O) groups excluding carboxylic acids is 3. The van der Waals surface area contributed by atoms with E-state index in [1.807, 2.05) is 56.4 Å². The third-order valence-electron chi connectivity index (χ3n) is 11.8. The van der Waals surface area contributed by atoms with Crippen LogP contribution in [0.3, 0.4) is 0 Å². The number of anilines is 5. The molecule has 4 aliphatic rings. The second-order valence-corrected chi connectivity index (χ2v) is 15.9. The van der Waals surface area contributed by atoms with Crippen LogP contribution in [-0.2, 0) is 10.2 Å². The Kier molecular flexibility index (Phi) is 9.71. The lowest BCUT2D eigenvalue weighted by atomic mass is 9.98. The van der Waals surface area contributed by atoms with E-state index in [2.05, 4.69) is 81.9 Å². The van der Waals surface area contributed by atoms with Crippen molar-refractivity contribution in [2.45, 2.75) is 57.5 Å². The number of aromatic nitrogens is 5. The van der Waals surface area contributed by atoms with Crippen LogP contribution in [0.5, 0.6) is 0 Å². The summed E-state index contributed by atoms with van der Waals surface area (Å²) >= 11 is 0. The van der Waals surface area contributed by atoms with Crippen LogP contribution in [0.15, 0.2) is 77.7 Å². The van der Waals surface area contributed by atoms with Crippen molar-refractivity contribution in [2.24, 2.45) is 0 Å². The maximum Gasteiger partial charge on any atom is 0.328 e. The van der Waals surface area contributed by atoms with E-state index in [1.165, 1.54) is 6.33 Å². The van der Waals surface area contributed by atoms with Crippen molar-refractivity contribution < 1.29 is 18.9 Å². The number of pyridine rings is 1. The zero-order valence-corrected chi connectivity index (χ0v) is 32.8. The summed E-state index contributed by atoms with van der Waals surface area (Å²) in [6.07, 6.45) is 5.77. The average Bonchev–Trinajstić information content (AvgIpc) is 3.75. The number of nitrogens with zero attached hydrogens (tertiary/aromatic N) is 9. The number of hydrogen-bond acceptors (Lipinski definition) is 13. The minimum Gasteiger partial charge on any atom is -0.368 e. The number of piperazine rings is 1. The molecule has 6 heterocycles. The molecule has 298 valence electrons. The van der Waals surface area contributed by atoms with Crippen molar-refractivity contribution in [3.05, 3.63) is 96.0 Å². The molecular weight excluding hydrogens is 737 g/mol. The highest BCUT2D eigenvalue weighted by molar-refractivity contribution is 6.05. The molecule has 1 aliphatic carbocycles. The average molecular weight is 783 g/mol. The van der Waals surface area contributed by atoms with Crippen LogP contribution in [0.25, 0.3) is 11.3 Å². The zero-order valence-electron chi connectivity index (χ0n) is 32.8. The van der Waals surface area contributed by atoms with Gasteiger partial charge in [0, 0.05) is 86.7 Å². The number of imide groups is 1. The first kappa shape index (κ1) is 37.2. The third-order valence-corrected chi connectivity index (χ3v) is 11.8. The molecule has 58 heavy (non-hydrogen) atoms. The van der Waals surface area contributed by atoms with E-state index in [9.17, 15) is 14.4 Å². The molecule has 3 N–H and O–H groups in total. The lowest BCUT2D eigenvalue weighted by Gasteiger charge is -2.49. The largest absolute Gasteiger partial charge is 0.368 e. The van der Waals surface area contributed by atoms with Crippen LogP contribution in [0.2, 0.25) is 0 Å². The number of aryl methyl sites for hydroxylation is 1. The molecule has 16 nitrogen and oxygen atoms in total. The zero-order chi connectivity index (χ0) is 40.0. The predicted molar refractivity (Wildman–Crippen MR) is 218 cm³/mol. The molecule has 1 unspecified atom stereocenters. The van der Waals surface area contributed by atoms with Crippen molar-refractivity contribution >= 4 is 46.5 Å². The highest BCUT2D eigenvalue weighted by atomic mass is 16.5. The minimum absolute atomic E-state index is 0.0138. The quantitative estimate of drug-likeness (QED) is 0.164. The van der Waals surface area contributed by atoms with Crippen molar-refractivity contribution in [1.82, 2.24) is 40.6 Å². The summed E-state index contributed by atoms with van der Waals surface area (Å²) in [7, 11) is 0. The molecule has 2 aromatic carbocycles. The van der Waals surface area contributed by atoms with Gasteiger partial charge >= 0.3 is 17.8 Å². The minimum atomic E-state index is -0.388. The van der Waals surface area contributed by atoms with Gasteiger partial charge in [-0.05, 0) is 80.3 Å². The van der Waals surface area contributed by atoms with Crippen LogP contribution in [-0.4, -0.2) is 99.7 Å². The Labute approximate surface area is 336 Å². The number of urea groups is 1. The Balaban J connectivity index is 0.744. The van der Waals surface area contributed by atoms with Gasteiger partial charge in [0.15, 0.2) is 5.82 Å². The standard InChI is InChI=1S/C42H46N12O4/c1-26-20-28(4-10-33(26)27(2)46-38(56)39-49-40(50-58-39)42(3)13-14-42)34-21-36(45-25-44-34)47-35-11-9-31(22-43-35)51-16-18-52(19-17-51)32-23-53(24-32)29-5-7-30(8-6-29)54-15-12-37(55)48-41(54)57/h4-11,20-22,25,27,32H,12-19,23-24H2,1-3H3,(H,46,56)(H,48,55,57)(H,43,44,45,47). The SMILES string of the molecule is Cc1cc(-c2cc(Nc3ccc(N4CCN(C5CN(c6ccc(N7CCC(=O)NC7=O)cc6)C5)CC4)cn3)ncn2)ccc1C(C)NC(=O)c1nc(C2(C)CC2)no1. The van der Waals surface area contributed by atoms with Gasteiger partial charge in [0.05, 0.1) is 23.6 Å². The molecule has 3 aliphatic heterocycles. The summed E-state index contributed by atoms with van der Waals surface area (Å²) in [4.78, 5) is 63.5. The van der Waals surface area contributed by atoms with Crippen molar-refractivity contribution in [3.63, 3.8) is 0 Å². The number of carbonyl (C=O) groups is 3. The molecule has 4 amide bonds. The van der Waals surface area contributed by atoms with Crippen LogP contribution in [0.4, 0.5) is 33.5 Å². The fourth-order valence-electron chi connectivity index (χ4n) is 7.89. The van der Waals surface area contributed by atoms with Gasteiger partial charge in [0.1, 0.15) is 18.0 Å². The van der Waals surface area contributed by atoms with Gasteiger partial charge in [-0.15, -0.1) is 0 Å². The molecule has 0 radical (unpaired) electrons. The molecule has 5 aromatic rings. The van der Waals surface area contributed by atoms with Gasteiger partial charge < -0.3 is 25.0 Å². The van der Waals surface area contributed by atoms with E-state index in [4.69, 9.17) is 9.51 Å². The summed E-state index contributed by atoms with van der Waals surface area (Å²) in [5, 5.41) is 12.7. The molecule has 16 heteroatoms. The maximum absolute atomic E-state index is 12.9. The smallest absolute Gasteiger partial charge is 0.328 e. The van der Waals surface area contributed by atoms with Crippen molar-refractivity contribution in [2.75, 3.05) is 65.8 Å². The van der Waals surface area contributed by atoms with Gasteiger partial charge in [-0.1, -0.05) is 24.2 Å². The Morgan fingerprint density at radius 1 is 0.879 bits per heavy atom. The Bertz CT molecular complexity index is 2330. The van der Waals surface area contributed by atoms with E-state index in [0.717, 1.165) is 91.6 Å². The topological polar surface area (TPSA) is 178 Å². The number of amides is 4. The molecular formula is C42H46N12O4. The van der Waals surface area contributed by atoms with E-state index < -0.39 is 0 Å². The highest BCUT2D eigenvalue weighted by Gasteiger charge is 2.44. The summed E-state index contributed by atoms with van der Waals surface area (Å²) in [5.41, 5.74) is 6.64. The molecule has 4 fully saturated rings. The molecule has 1 atom stereocenters. The van der Waals surface area contributed by atoms with Gasteiger partial charge in [-0.3, -0.25) is 24.7 Å². The Hall–Kier alpha value is -6.42. The molecule has 0 spiro atoms. The van der Waals surface area contributed by atoms with Crippen molar-refractivity contribution in [3.8, 4) is 11.3 Å². The summed E-state index contributed by atoms with van der Waals surface area (Å²) < 4.78 is 5.26. The second kappa shape index (κ2) is 15.2. The predicted octanol–water partition coefficient (Wildman–Crippen LogP) is 4.97. The summed E-state index contributed by atoms with van der Waals surface area (Å²) in [6.45, 7) is 12.2. The lowest BCUT2D eigenvalue weighted by Crippen LogP contribution is -2.63. The van der Waals surface area contributed by atoms with Crippen LogP contribution >= 0.6 is 0 Å². The van der Waals surface area contributed by atoms with Crippen LogP contribution < -0.4 is 30.7 Å². The normalized spacial score (nSPS) is 18.7. The number of hydrogen-bond donors (Lipinski definition) is 3. The van der Waals surface area contributed by atoms with Gasteiger partial charge in [-0.2, -0.15) is 4.98 Å². The molecule has 0 bridgehead atoms. The maximum atomic E-state index is 12.9. The first-order valence-corrected chi connectivity index (χ1v) is 19.8. The fraction of sp³-hybridized carbons (Fsp3) is 0.381. The number of rotatable bonds is 11. The molecule has 1 saturated carbocycles. The number of nitrogens with one attached hydrogen (secondary N) is 3. The van der Waals surface area contributed by atoms with E-state index >= 15 is 0 Å².